The number of rotatable bonds is 9. The van der Waals surface area contributed by atoms with Crippen molar-refractivity contribution in [3.8, 4) is 0 Å². The number of nitrogens with zero attached hydrogens (tertiary/aromatic N) is 4. The number of guanidine groups is 1. The van der Waals surface area contributed by atoms with Gasteiger partial charge in [-0.3, -0.25) is 9.89 Å². The Morgan fingerprint density at radius 2 is 1.90 bits per heavy atom. The summed E-state index contributed by atoms with van der Waals surface area (Å²) in [5.41, 5.74) is 0. The highest BCUT2D eigenvalue weighted by atomic mass is 127. The number of aromatic nitrogens is 1. The van der Waals surface area contributed by atoms with Crippen molar-refractivity contribution in [3.63, 3.8) is 0 Å². The van der Waals surface area contributed by atoms with Crippen molar-refractivity contribution in [2.75, 3.05) is 37.6 Å². The van der Waals surface area contributed by atoms with Crippen LogP contribution in [0.3, 0.4) is 0 Å². The number of nitrogens with one attached hydrogen (secondary N) is 2. The van der Waals surface area contributed by atoms with E-state index in [4.69, 9.17) is 4.99 Å². The molecule has 2 heterocycles. The van der Waals surface area contributed by atoms with Crippen LogP contribution < -0.4 is 15.5 Å². The van der Waals surface area contributed by atoms with Gasteiger partial charge in [-0.1, -0.05) is 6.07 Å². The average molecular weight is 517 g/mol. The predicted octanol–water partition coefficient (Wildman–Crippen LogP) is 3.73. The molecule has 1 aromatic heterocycles. The van der Waals surface area contributed by atoms with E-state index in [0.29, 0.717) is 18.1 Å². The lowest BCUT2D eigenvalue weighted by Crippen LogP contribution is -2.49. The largest absolute Gasteiger partial charge is 0.357 e. The second-order valence-electron chi connectivity index (χ2n) is 8.13. The first-order valence-electron chi connectivity index (χ1n) is 11.0. The van der Waals surface area contributed by atoms with E-state index < -0.39 is 0 Å². The molecule has 0 saturated carbocycles. The van der Waals surface area contributed by atoms with Gasteiger partial charge in [0.25, 0.3) is 0 Å². The van der Waals surface area contributed by atoms with Crippen LogP contribution in [0.1, 0.15) is 53.9 Å². The summed E-state index contributed by atoms with van der Waals surface area (Å²) in [5, 5.41) is 7.05. The van der Waals surface area contributed by atoms with Crippen LogP contribution in [-0.4, -0.2) is 66.7 Å². The summed E-state index contributed by atoms with van der Waals surface area (Å²) in [6, 6.07) is 7.76. The zero-order chi connectivity index (χ0) is 20.4. The molecular formula is C22H41IN6. The first-order valence-corrected chi connectivity index (χ1v) is 11.0. The fourth-order valence-electron chi connectivity index (χ4n) is 3.86. The Bertz CT molecular complexity index is 562. The SMILES string of the molecule is CCNC(=NCCCN(C(C)C)C(C)C)NC1CCN(c2ccccn2)CC1.I. The Morgan fingerprint density at radius 3 is 2.45 bits per heavy atom. The Morgan fingerprint density at radius 1 is 1.21 bits per heavy atom. The number of halogens is 1. The second-order valence-corrected chi connectivity index (χ2v) is 8.13. The van der Waals surface area contributed by atoms with Crippen LogP contribution in [0.2, 0.25) is 0 Å². The molecule has 0 spiro atoms. The van der Waals surface area contributed by atoms with E-state index in [1.165, 1.54) is 0 Å². The number of anilines is 1. The van der Waals surface area contributed by atoms with Gasteiger partial charge in [0.2, 0.25) is 0 Å². The minimum absolute atomic E-state index is 0. The summed E-state index contributed by atoms with van der Waals surface area (Å²) in [7, 11) is 0. The van der Waals surface area contributed by atoms with Crippen LogP contribution in [0.25, 0.3) is 0 Å². The molecule has 7 heteroatoms. The molecule has 0 aliphatic carbocycles. The first kappa shape index (κ1) is 25.9. The fourth-order valence-corrected chi connectivity index (χ4v) is 3.86. The third kappa shape index (κ3) is 9.07. The van der Waals surface area contributed by atoms with Crippen LogP contribution in [-0.2, 0) is 0 Å². The van der Waals surface area contributed by atoms with Crippen molar-refractivity contribution < 1.29 is 0 Å². The van der Waals surface area contributed by atoms with E-state index in [1.54, 1.807) is 0 Å². The van der Waals surface area contributed by atoms with Crippen molar-refractivity contribution in [1.29, 1.82) is 0 Å². The maximum absolute atomic E-state index is 4.82. The van der Waals surface area contributed by atoms with Crippen molar-refractivity contribution in [3.05, 3.63) is 24.4 Å². The first-order chi connectivity index (χ1) is 13.5. The van der Waals surface area contributed by atoms with Gasteiger partial charge >= 0.3 is 0 Å². The fraction of sp³-hybridized carbons (Fsp3) is 0.727. The third-order valence-electron chi connectivity index (χ3n) is 5.32. The molecule has 0 amide bonds. The zero-order valence-electron chi connectivity index (χ0n) is 18.9. The maximum Gasteiger partial charge on any atom is 0.191 e. The number of aliphatic imine (C=N–C) groups is 1. The van der Waals surface area contributed by atoms with Crippen LogP contribution in [0.15, 0.2) is 29.4 Å². The molecule has 1 aromatic rings. The number of pyridine rings is 1. The van der Waals surface area contributed by atoms with Crippen molar-refractivity contribution >= 4 is 35.8 Å². The van der Waals surface area contributed by atoms with Crippen molar-refractivity contribution in [1.82, 2.24) is 20.5 Å². The predicted molar refractivity (Wildman–Crippen MR) is 136 cm³/mol. The third-order valence-corrected chi connectivity index (χ3v) is 5.32. The Balaban J connectivity index is 0.00000420. The number of piperidine rings is 1. The minimum Gasteiger partial charge on any atom is -0.357 e. The highest BCUT2D eigenvalue weighted by Crippen LogP contribution is 2.17. The van der Waals surface area contributed by atoms with E-state index in [0.717, 1.165) is 63.8 Å². The van der Waals surface area contributed by atoms with Gasteiger partial charge in [0.1, 0.15) is 5.82 Å². The highest BCUT2D eigenvalue weighted by Gasteiger charge is 2.20. The van der Waals surface area contributed by atoms with Crippen LogP contribution in [0.4, 0.5) is 5.82 Å². The molecule has 2 N–H and O–H groups in total. The van der Waals surface area contributed by atoms with Gasteiger partial charge in [0.05, 0.1) is 0 Å². The summed E-state index contributed by atoms with van der Waals surface area (Å²) in [6.07, 6.45) is 5.17. The summed E-state index contributed by atoms with van der Waals surface area (Å²) >= 11 is 0. The van der Waals surface area contributed by atoms with E-state index in [9.17, 15) is 0 Å². The van der Waals surface area contributed by atoms with Crippen LogP contribution in [0, 0.1) is 0 Å². The lowest BCUT2D eigenvalue weighted by molar-refractivity contribution is 0.174. The molecule has 0 atom stereocenters. The maximum atomic E-state index is 4.82. The van der Waals surface area contributed by atoms with Crippen molar-refractivity contribution in [2.45, 2.75) is 72.0 Å². The molecule has 166 valence electrons. The Hall–Kier alpha value is -1.09. The minimum atomic E-state index is 0. The standard InChI is InChI=1S/C22H40N6.HI/c1-6-23-22(25-14-9-15-28(18(2)3)19(4)5)26-20-11-16-27(17-12-20)21-10-7-8-13-24-21;/h7-8,10,13,18-20H,6,9,11-12,14-17H2,1-5H3,(H2,23,25,26);1H. The van der Waals surface area contributed by atoms with Crippen LogP contribution >= 0.6 is 24.0 Å². The molecule has 0 radical (unpaired) electrons. The molecule has 0 bridgehead atoms. The lowest BCUT2D eigenvalue weighted by atomic mass is 10.1. The molecule has 0 aromatic carbocycles. The van der Waals surface area contributed by atoms with Crippen molar-refractivity contribution in [2.24, 2.45) is 4.99 Å². The van der Waals surface area contributed by atoms with Gasteiger partial charge in [0, 0.05) is 57.0 Å². The molecule has 0 unspecified atom stereocenters. The molecule has 29 heavy (non-hydrogen) atoms. The summed E-state index contributed by atoms with van der Waals surface area (Å²) < 4.78 is 0. The normalized spacial score (nSPS) is 15.7. The molecular weight excluding hydrogens is 475 g/mol. The van der Waals surface area contributed by atoms with E-state index in [-0.39, 0.29) is 24.0 Å². The monoisotopic (exact) mass is 516 g/mol. The van der Waals surface area contributed by atoms with E-state index in [1.807, 2.05) is 12.3 Å². The van der Waals surface area contributed by atoms with Gasteiger partial charge < -0.3 is 15.5 Å². The van der Waals surface area contributed by atoms with E-state index in [2.05, 4.69) is 72.2 Å². The second kappa shape index (κ2) is 14.0. The quantitative estimate of drug-likeness (QED) is 0.227. The topological polar surface area (TPSA) is 55.8 Å². The molecule has 1 fully saturated rings. The van der Waals surface area contributed by atoms with Gasteiger partial charge in [0.15, 0.2) is 5.96 Å². The molecule has 1 saturated heterocycles. The van der Waals surface area contributed by atoms with Crippen LogP contribution in [0.5, 0.6) is 0 Å². The summed E-state index contributed by atoms with van der Waals surface area (Å²) in [5.74, 6) is 2.04. The highest BCUT2D eigenvalue weighted by molar-refractivity contribution is 14.0. The number of hydrogen-bond acceptors (Lipinski definition) is 4. The molecule has 1 aliphatic rings. The van der Waals surface area contributed by atoms with Gasteiger partial charge in [-0.05, 0) is 66.0 Å². The zero-order valence-corrected chi connectivity index (χ0v) is 21.2. The average Bonchev–Trinajstić information content (AvgIpc) is 2.68. The summed E-state index contributed by atoms with van der Waals surface area (Å²) in [6.45, 7) is 16.1. The summed E-state index contributed by atoms with van der Waals surface area (Å²) in [4.78, 5) is 14.2. The molecule has 6 nitrogen and oxygen atoms in total. The van der Waals surface area contributed by atoms with E-state index >= 15 is 0 Å². The molecule has 1 aliphatic heterocycles. The van der Waals surface area contributed by atoms with Gasteiger partial charge in [-0.25, -0.2) is 4.98 Å². The van der Waals surface area contributed by atoms with Gasteiger partial charge in [-0.2, -0.15) is 0 Å². The Kier molecular flexibility index (Phi) is 12.5. The van der Waals surface area contributed by atoms with Gasteiger partial charge in [-0.15, -0.1) is 24.0 Å². The molecule has 2 rings (SSSR count). The number of hydrogen-bond donors (Lipinski definition) is 2. The Labute approximate surface area is 195 Å². The smallest absolute Gasteiger partial charge is 0.191 e. The lowest BCUT2D eigenvalue weighted by Gasteiger charge is -2.33.